The van der Waals surface area contributed by atoms with E-state index in [1.54, 1.807) is 0 Å². The van der Waals surface area contributed by atoms with Crippen LogP contribution in [0.3, 0.4) is 0 Å². The van der Waals surface area contributed by atoms with Crippen molar-refractivity contribution in [2.75, 3.05) is 0 Å². The number of allylic oxidation sites excluding steroid dienone is 4. The lowest BCUT2D eigenvalue weighted by Gasteiger charge is -2.07. The first-order valence-electron chi connectivity index (χ1n) is 4.71. The molecule has 0 nitrogen and oxygen atoms in total. The Morgan fingerprint density at radius 1 is 1.08 bits per heavy atom. The number of hydrogen-bond acceptors (Lipinski definition) is 0. The predicted molar refractivity (Wildman–Crippen MR) is 57.5 cm³/mol. The van der Waals surface area contributed by atoms with Gasteiger partial charge < -0.3 is 0 Å². The van der Waals surface area contributed by atoms with Gasteiger partial charge in [0.2, 0.25) is 0 Å². The van der Waals surface area contributed by atoms with Crippen LogP contribution in [0.4, 0.5) is 0 Å². The van der Waals surface area contributed by atoms with Crippen molar-refractivity contribution in [1.29, 1.82) is 0 Å². The van der Waals surface area contributed by atoms with E-state index in [4.69, 9.17) is 0 Å². The lowest BCUT2D eigenvalue weighted by molar-refractivity contribution is 1.35. The number of aryl methyl sites for hydroxylation is 1. The zero-order chi connectivity index (χ0) is 9.26. The molecule has 1 aromatic carbocycles. The van der Waals surface area contributed by atoms with E-state index in [1.165, 1.54) is 22.3 Å². The quantitative estimate of drug-likeness (QED) is 0.602. The van der Waals surface area contributed by atoms with Gasteiger partial charge in [-0.3, -0.25) is 0 Å². The third-order valence-electron chi connectivity index (χ3n) is 2.64. The van der Waals surface area contributed by atoms with Gasteiger partial charge in [-0.15, -0.1) is 0 Å². The summed E-state index contributed by atoms with van der Waals surface area (Å²) >= 11 is 0. The first kappa shape index (κ1) is 8.31. The van der Waals surface area contributed by atoms with Gasteiger partial charge in [-0.25, -0.2) is 0 Å². The Kier molecular flexibility index (Phi) is 2.05. The molecule has 1 aliphatic carbocycles. The van der Waals surface area contributed by atoms with Crippen molar-refractivity contribution >= 4 is 5.57 Å². The molecule has 0 N–H and O–H groups in total. The maximum Gasteiger partial charge on any atom is -0.00856 e. The van der Waals surface area contributed by atoms with Crippen LogP contribution in [0.5, 0.6) is 0 Å². The zero-order valence-electron chi connectivity index (χ0n) is 8.17. The van der Waals surface area contributed by atoms with Crippen LogP contribution in [0.2, 0.25) is 0 Å². The Morgan fingerprint density at radius 2 is 1.85 bits per heavy atom. The lowest BCUT2D eigenvalue weighted by Crippen LogP contribution is -1.87. The van der Waals surface area contributed by atoms with Crippen LogP contribution in [0.15, 0.2) is 42.0 Å². The molecule has 66 valence electrons. The minimum Gasteiger partial charge on any atom is -0.0798 e. The van der Waals surface area contributed by atoms with Gasteiger partial charge in [0, 0.05) is 0 Å². The van der Waals surface area contributed by atoms with Gasteiger partial charge in [-0.05, 0) is 42.5 Å². The molecule has 0 saturated carbocycles. The summed E-state index contributed by atoms with van der Waals surface area (Å²) in [5, 5.41) is 0. The molecule has 1 aromatic rings. The summed E-state index contributed by atoms with van der Waals surface area (Å²) in [5.74, 6) is 0. The Morgan fingerprint density at radius 3 is 2.46 bits per heavy atom. The maximum atomic E-state index is 2.23. The Labute approximate surface area is 79.6 Å². The molecule has 0 amide bonds. The first-order valence-corrected chi connectivity index (χ1v) is 4.71. The Bertz CT molecular complexity index is 381. The van der Waals surface area contributed by atoms with E-state index in [1.807, 2.05) is 0 Å². The predicted octanol–water partition coefficient (Wildman–Crippen LogP) is 3.73. The van der Waals surface area contributed by atoms with E-state index >= 15 is 0 Å². The summed E-state index contributed by atoms with van der Waals surface area (Å²) in [7, 11) is 0. The summed E-state index contributed by atoms with van der Waals surface area (Å²) in [5.41, 5.74) is 5.68. The summed E-state index contributed by atoms with van der Waals surface area (Å²) in [6.45, 7) is 4.36. The molecule has 0 spiro atoms. The minimum absolute atomic E-state index is 1.09. The van der Waals surface area contributed by atoms with Gasteiger partial charge >= 0.3 is 0 Å². The van der Waals surface area contributed by atoms with E-state index in [-0.39, 0.29) is 0 Å². The average Bonchev–Trinajstić information content (AvgIpc) is 2.52. The number of hydrogen-bond donors (Lipinski definition) is 0. The van der Waals surface area contributed by atoms with Gasteiger partial charge in [0.15, 0.2) is 0 Å². The van der Waals surface area contributed by atoms with Crippen molar-refractivity contribution in [2.24, 2.45) is 0 Å². The van der Waals surface area contributed by atoms with E-state index < -0.39 is 0 Å². The number of rotatable bonds is 1. The molecular weight excluding hydrogens is 156 g/mol. The SMILES string of the molecule is CC1=C(c2ccccc2C)CC=C1. The van der Waals surface area contributed by atoms with Crippen LogP contribution < -0.4 is 0 Å². The minimum atomic E-state index is 1.09. The van der Waals surface area contributed by atoms with E-state index in [2.05, 4.69) is 50.3 Å². The van der Waals surface area contributed by atoms with Crippen molar-refractivity contribution in [2.45, 2.75) is 20.3 Å². The van der Waals surface area contributed by atoms with Crippen molar-refractivity contribution in [3.63, 3.8) is 0 Å². The third kappa shape index (κ3) is 1.44. The van der Waals surface area contributed by atoms with Gasteiger partial charge in [0.1, 0.15) is 0 Å². The third-order valence-corrected chi connectivity index (χ3v) is 2.64. The zero-order valence-corrected chi connectivity index (χ0v) is 8.17. The molecule has 2 rings (SSSR count). The summed E-state index contributed by atoms with van der Waals surface area (Å²) in [4.78, 5) is 0. The molecule has 0 heterocycles. The fourth-order valence-corrected chi connectivity index (χ4v) is 1.85. The Hall–Kier alpha value is -1.30. The monoisotopic (exact) mass is 170 g/mol. The van der Waals surface area contributed by atoms with Crippen molar-refractivity contribution in [3.05, 3.63) is 53.1 Å². The highest BCUT2D eigenvalue weighted by molar-refractivity contribution is 5.75. The topological polar surface area (TPSA) is 0 Å². The van der Waals surface area contributed by atoms with Crippen molar-refractivity contribution in [1.82, 2.24) is 0 Å². The summed E-state index contributed by atoms with van der Waals surface area (Å²) < 4.78 is 0. The van der Waals surface area contributed by atoms with E-state index in [9.17, 15) is 0 Å². The molecule has 1 aliphatic rings. The fourth-order valence-electron chi connectivity index (χ4n) is 1.85. The van der Waals surface area contributed by atoms with E-state index in [0.29, 0.717) is 0 Å². The Balaban J connectivity index is 2.48. The van der Waals surface area contributed by atoms with Crippen LogP contribution in [-0.2, 0) is 0 Å². The second-order valence-corrected chi connectivity index (χ2v) is 3.58. The van der Waals surface area contributed by atoms with Crippen LogP contribution in [0.1, 0.15) is 24.5 Å². The normalized spacial score (nSPS) is 15.5. The summed E-state index contributed by atoms with van der Waals surface area (Å²) in [6.07, 6.45) is 5.54. The van der Waals surface area contributed by atoms with Crippen LogP contribution in [0, 0.1) is 6.92 Å². The highest BCUT2D eigenvalue weighted by Gasteiger charge is 2.08. The molecule has 0 saturated heterocycles. The van der Waals surface area contributed by atoms with Gasteiger partial charge in [0.05, 0.1) is 0 Å². The molecule has 0 heteroatoms. The van der Waals surface area contributed by atoms with Crippen molar-refractivity contribution < 1.29 is 0 Å². The molecule has 0 unspecified atom stereocenters. The summed E-state index contributed by atoms with van der Waals surface area (Å²) in [6, 6.07) is 8.59. The average molecular weight is 170 g/mol. The largest absolute Gasteiger partial charge is 0.0798 e. The fraction of sp³-hybridized carbons (Fsp3) is 0.231. The molecular formula is C13H14. The van der Waals surface area contributed by atoms with Gasteiger partial charge in [0.25, 0.3) is 0 Å². The molecule has 0 bridgehead atoms. The lowest BCUT2D eigenvalue weighted by atomic mass is 9.98. The second kappa shape index (κ2) is 3.21. The van der Waals surface area contributed by atoms with Crippen LogP contribution >= 0.6 is 0 Å². The van der Waals surface area contributed by atoms with Gasteiger partial charge in [-0.1, -0.05) is 36.4 Å². The molecule has 13 heavy (non-hydrogen) atoms. The van der Waals surface area contributed by atoms with Crippen molar-refractivity contribution in [3.8, 4) is 0 Å². The number of benzene rings is 1. The van der Waals surface area contributed by atoms with Crippen LogP contribution in [-0.4, -0.2) is 0 Å². The molecule has 0 aromatic heterocycles. The smallest absolute Gasteiger partial charge is 0.00856 e. The highest BCUT2D eigenvalue weighted by Crippen LogP contribution is 2.30. The molecule has 0 radical (unpaired) electrons. The maximum absolute atomic E-state index is 2.23. The second-order valence-electron chi connectivity index (χ2n) is 3.58. The van der Waals surface area contributed by atoms with Crippen LogP contribution in [0.25, 0.3) is 5.57 Å². The van der Waals surface area contributed by atoms with E-state index in [0.717, 1.165) is 6.42 Å². The highest BCUT2D eigenvalue weighted by atomic mass is 14.1. The molecule has 0 atom stereocenters. The molecule has 0 fully saturated rings. The van der Waals surface area contributed by atoms with Gasteiger partial charge in [-0.2, -0.15) is 0 Å². The standard InChI is InChI=1S/C13H14/c1-10-6-3-4-8-12(10)13-9-5-7-11(13)2/h3-8H,9H2,1-2H3. The molecule has 0 aliphatic heterocycles. The first-order chi connectivity index (χ1) is 6.29.